The monoisotopic (exact) mass is 371 g/mol. The summed E-state index contributed by atoms with van der Waals surface area (Å²) >= 11 is 5.89. The van der Waals surface area contributed by atoms with Crippen LogP contribution in [0.3, 0.4) is 0 Å². The Morgan fingerprint density at radius 2 is 2.04 bits per heavy atom. The van der Waals surface area contributed by atoms with Gasteiger partial charge in [0.15, 0.2) is 0 Å². The summed E-state index contributed by atoms with van der Waals surface area (Å²) in [5.41, 5.74) is 0.797. The summed E-state index contributed by atoms with van der Waals surface area (Å²) in [5, 5.41) is 0.144. The number of amides is 1. The predicted octanol–water partition coefficient (Wildman–Crippen LogP) is 1.84. The van der Waals surface area contributed by atoms with E-state index in [1.54, 1.807) is 11.6 Å². The third-order valence-electron chi connectivity index (χ3n) is 3.89. The number of benzene rings is 1. The van der Waals surface area contributed by atoms with Gasteiger partial charge in [-0.05, 0) is 23.8 Å². The highest BCUT2D eigenvalue weighted by Gasteiger charge is 2.26. The quantitative estimate of drug-likeness (QED) is 0.891. The number of hydrogen-bond acceptors (Lipinski definition) is 3. The number of nitrogens with one attached hydrogen (secondary N) is 1. The maximum absolute atomic E-state index is 13.0. The molecule has 0 atom stereocenters. The van der Waals surface area contributed by atoms with Crippen molar-refractivity contribution in [1.29, 1.82) is 0 Å². The Kier molecular flexibility index (Phi) is 4.37. The second-order valence-corrected chi connectivity index (χ2v) is 7.72. The van der Waals surface area contributed by atoms with E-state index in [0.29, 0.717) is 24.3 Å². The van der Waals surface area contributed by atoms with E-state index in [1.807, 2.05) is 0 Å². The topological polar surface area (TPSA) is 71.4 Å². The normalized spacial score (nSPS) is 14.8. The van der Waals surface area contributed by atoms with Crippen molar-refractivity contribution in [2.75, 3.05) is 13.6 Å². The Morgan fingerprint density at radius 1 is 1.29 bits per heavy atom. The average molecular weight is 372 g/mol. The summed E-state index contributed by atoms with van der Waals surface area (Å²) in [4.78, 5) is 13.6. The summed E-state index contributed by atoms with van der Waals surface area (Å²) in [5.74, 6) is -0.710. The smallest absolute Gasteiger partial charge is 0.270 e. The van der Waals surface area contributed by atoms with Crippen molar-refractivity contribution in [3.8, 4) is 0 Å². The molecule has 128 valence electrons. The number of hydrogen-bond donors (Lipinski definition) is 1. The van der Waals surface area contributed by atoms with Gasteiger partial charge < -0.3 is 9.47 Å². The molecule has 0 bridgehead atoms. The first kappa shape index (κ1) is 16.9. The van der Waals surface area contributed by atoms with Gasteiger partial charge in [-0.15, -0.1) is 0 Å². The molecular weight excluding hydrogens is 357 g/mol. The van der Waals surface area contributed by atoms with E-state index >= 15 is 0 Å². The first-order valence-electron chi connectivity index (χ1n) is 7.17. The lowest BCUT2D eigenvalue weighted by Gasteiger charge is -2.23. The van der Waals surface area contributed by atoms with Crippen LogP contribution in [-0.4, -0.2) is 37.4 Å². The molecule has 0 saturated carbocycles. The largest absolute Gasteiger partial charge is 0.340 e. The number of sulfonamides is 1. The average Bonchev–Trinajstić information content (AvgIpc) is 2.96. The van der Waals surface area contributed by atoms with Crippen LogP contribution in [-0.2, 0) is 23.1 Å². The molecule has 1 aromatic heterocycles. The highest BCUT2D eigenvalue weighted by molar-refractivity contribution is 7.89. The predicted molar refractivity (Wildman–Crippen MR) is 86.8 cm³/mol. The molecule has 0 radical (unpaired) electrons. The fourth-order valence-corrected chi connectivity index (χ4v) is 3.75. The highest BCUT2D eigenvalue weighted by Crippen LogP contribution is 2.21. The van der Waals surface area contributed by atoms with Crippen molar-refractivity contribution in [3.63, 3.8) is 0 Å². The van der Waals surface area contributed by atoms with E-state index < -0.39 is 15.8 Å². The van der Waals surface area contributed by atoms with E-state index in [0.717, 1.165) is 6.07 Å². The van der Waals surface area contributed by atoms with Crippen molar-refractivity contribution in [3.05, 3.63) is 52.6 Å². The van der Waals surface area contributed by atoms with Crippen LogP contribution in [0.2, 0.25) is 5.02 Å². The van der Waals surface area contributed by atoms with Crippen LogP contribution in [0.25, 0.3) is 0 Å². The maximum Gasteiger partial charge on any atom is 0.270 e. The zero-order chi connectivity index (χ0) is 17.5. The van der Waals surface area contributed by atoms with Crippen molar-refractivity contribution in [2.45, 2.75) is 18.0 Å². The number of aromatic nitrogens is 1. The van der Waals surface area contributed by atoms with Crippen LogP contribution < -0.4 is 4.72 Å². The minimum atomic E-state index is -3.81. The Bertz CT molecular complexity index is 911. The van der Waals surface area contributed by atoms with Gasteiger partial charge in [-0.3, -0.25) is 4.79 Å². The van der Waals surface area contributed by atoms with Gasteiger partial charge in [0.05, 0.1) is 0 Å². The summed E-state index contributed by atoms with van der Waals surface area (Å²) in [6.45, 7) is 0.991. The van der Waals surface area contributed by atoms with Gasteiger partial charge in [-0.2, -0.15) is 0 Å². The van der Waals surface area contributed by atoms with E-state index in [4.69, 9.17) is 11.6 Å². The molecule has 2 heterocycles. The molecule has 9 heteroatoms. The zero-order valence-electron chi connectivity index (χ0n) is 12.8. The Labute approximate surface area is 143 Å². The molecule has 0 fully saturated rings. The van der Waals surface area contributed by atoms with Crippen LogP contribution in [0.15, 0.2) is 35.4 Å². The van der Waals surface area contributed by atoms with Gasteiger partial charge in [-0.25, -0.2) is 17.5 Å². The van der Waals surface area contributed by atoms with Crippen LogP contribution >= 0.6 is 11.6 Å². The molecule has 24 heavy (non-hydrogen) atoms. The molecule has 3 rings (SSSR count). The molecule has 6 nitrogen and oxygen atoms in total. The van der Waals surface area contributed by atoms with Crippen molar-refractivity contribution < 1.29 is 17.6 Å². The molecule has 1 aliphatic rings. The third-order valence-corrected chi connectivity index (χ3v) is 5.61. The van der Waals surface area contributed by atoms with Crippen molar-refractivity contribution in [1.82, 2.24) is 14.2 Å². The zero-order valence-corrected chi connectivity index (χ0v) is 14.4. The lowest BCUT2D eigenvalue weighted by Crippen LogP contribution is -2.36. The number of likely N-dealkylation sites (N-methyl/N-ethyl adjacent to an activating group) is 1. The number of nitrogens with zero attached hydrogens (tertiary/aromatic N) is 2. The highest BCUT2D eigenvalue weighted by atomic mass is 35.5. The number of carbonyl (C=O) groups is 1. The molecule has 0 unspecified atom stereocenters. The lowest BCUT2D eigenvalue weighted by molar-refractivity contribution is 0.0749. The van der Waals surface area contributed by atoms with Gasteiger partial charge in [0.25, 0.3) is 5.91 Å². The Morgan fingerprint density at radius 3 is 2.75 bits per heavy atom. The fourth-order valence-electron chi connectivity index (χ4n) is 2.47. The molecule has 1 aromatic carbocycles. The van der Waals surface area contributed by atoms with E-state index in [9.17, 15) is 17.6 Å². The van der Waals surface area contributed by atoms with Gasteiger partial charge in [-0.1, -0.05) is 17.7 Å². The molecule has 0 spiro atoms. The number of carbonyl (C=O) groups excluding carboxylic acids is 1. The molecule has 1 aliphatic heterocycles. The molecule has 1 amide bonds. The van der Waals surface area contributed by atoms with Crippen molar-refractivity contribution in [2.24, 2.45) is 0 Å². The van der Waals surface area contributed by atoms with Crippen LogP contribution in [0.5, 0.6) is 0 Å². The molecule has 1 N–H and O–H groups in total. The number of fused-ring (bicyclic) bond motifs is 1. The van der Waals surface area contributed by atoms with Crippen LogP contribution in [0, 0.1) is 5.82 Å². The first-order valence-corrected chi connectivity index (χ1v) is 9.03. The SMILES string of the molecule is CN1CCn2cc(S(=O)(=O)NCc3ccc(F)cc3Cl)cc2C1=O. The summed E-state index contributed by atoms with van der Waals surface area (Å²) < 4.78 is 41.9. The molecule has 2 aromatic rings. The minimum absolute atomic E-state index is 0.0133. The van der Waals surface area contributed by atoms with E-state index in [1.165, 1.54) is 29.3 Å². The Hall–Kier alpha value is -1.90. The van der Waals surface area contributed by atoms with Gasteiger partial charge in [0.2, 0.25) is 10.0 Å². The molecular formula is C15H15ClFN3O3S. The summed E-state index contributed by atoms with van der Waals surface area (Å²) in [7, 11) is -2.15. The summed E-state index contributed by atoms with van der Waals surface area (Å²) in [6, 6.07) is 5.11. The second-order valence-electron chi connectivity index (χ2n) is 5.54. The summed E-state index contributed by atoms with van der Waals surface area (Å²) in [6.07, 6.45) is 1.44. The van der Waals surface area contributed by atoms with Crippen molar-refractivity contribution >= 4 is 27.5 Å². The van der Waals surface area contributed by atoms with Gasteiger partial charge in [0, 0.05) is 37.9 Å². The standard InChI is InChI=1S/C15H15ClFN3O3S/c1-19-4-5-20-9-12(7-14(20)15(19)21)24(22,23)18-8-10-2-3-11(17)6-13(10)16/h2-3,6-7,9,18H,4-5,8H2,1H3. The maximum atomic E-state index is 13.0. The second kappa shape index (κ2) is 6.19. The number of rotatable bonds is 4. The lowest BCUT2D eigenvalue weighted by atomic mass is 10.2. The third kappa shape index (κ3) is 3.17. The Balaban J connectivity index is 1.81. The fraction of sp³-hybridized carbons (Fsp3) is 0.267. The number of halogens is 2. The minimum Gasteiger partial charge on any atom is -0.340 e. The molecule has 0 saturated heterocycles. The van der Waals surface area contributed by atoms with E-state index in [2.05, 4.69) is 4.72 Å². The van der Waals surface area contributed by atoms with Gasteiger partial charge in [0.1, 0.15) is 16.4 Å². The first-order chi connectivity index (χ1) is 11.3. The van der Waals surface area contributed by atoms with E-state index in [-0.39, 0.29) is 22.4 Å². The molecule has 0 aliphatic carbocycles. The van der Waals surface area contributed by atoms with Gasteiger partial charge >= 0.3 is 0 Å². The van der Waals surface area contributed by atoms with Crippen LogP contribution in [0.1, 0.15) is 16.1 Å². The van der Waals surface area contributed by atoms with Crippen LogP contribution in [0.4, 0.5) is 4.39 Å².